The van der Waals surface area contributed by atoms with Gasteiger partial charge in [0.1, 0.15) is 17.2 Å². The van der Waals surface area contributed by atoms with Crippen LogP contribution in [0.1, 0.15) is 45.1 Å². The molecular formula is C14H23N3S. The van der Waals surface area contributed by atoms with Gasteiger partial charge in [-0.05, 0) is 32.1 Å². The normalized spacial score (nSPS) is 16.1. The molecule has 0 aromatic carbocycles. The Morgan fingerprint density at radius 3 is 2.72 bits per heavy atom. The number of hydrogen-bond acceptors (Lipinski definition) is 4. The van der Waals surface area contributed by atoms with Crippen LogP contribution in [0.15, 0.2) is 11.4 Å². The zero-order chi connectivity index (χ0) is 12.8. The summed E-state index contributed by atoms with van der Waals surface area (Å²) in [5.41, 5.74) is 1.28. The fourth-order valence-electron chi connectivity index (χ4n) is 2.53. The topological polar surface area (TPSA) is 37.8 Å². The summed E-state index contributed by atoms with van der Waals surface area (Å²) in [6.07, 6.45) is 8.32. The maximum Gasteiger partial charge on any atom is 0.133 e. The minimum atomic E-state index is 0.900. The Balaban J connectivity index is 2.03. The van der Waals surface area contributed by atoms with Crippen molar-refractivity contribution in [2.24, 2.45) is 5.92 Å². The van der Waals surface area contributed by atoms with Gasteiger partial charge in [0.25, 0.3) is 0 Å². The predicted molar refractivity (Wildman–Crippen MR) is 78.3 cm³/mol. The molecule has 18 heavy (non-hydrogen) atoms. The van der Waals surface area contributed by atoms with Crippen LogP contribution in [0.3, 0.4) is 0 Å². The van der Waals surface area contributed by atoms with E-state index in [-0.39, 0.29) is 0 Å². The fourth-order valence-corrected chi connectivity index (χ4v) is 3.80. The highest BCUT2D eigenvalue weighted by Crippen LogP contribution is 2.32. The molecule has 1 aromatic heterocycles. The first-order chi connectivity index (χ1) is 8.85. The first-order valence-electron chi connectivity index (χ1n) is 7.05. The van der Waals surface area contributed by atoms with E-state index < -0.39 is 0 Å². The minimum absolute atomic E-state index is 0.900. The monoisotopic (exact) mass is 265 g/mol. The van der Waals surface area contributed by atoms with E-state index in [4.69, 9.17) is 0 Å². The van der Waals surface area contributed by atoms with Gasteiger partial charge < -0.3 is 5.32 Å². The highest BCUT2D eigenvalue weighted by Gasteiger charge is 2.17. The van der Waals surface area contributed by atoms with Crippen molar-refractivity contribution in [2.75, 3.05) is 17.6 Å². The van der Waals surface area contributed by atoms with Gasteiger partial charge in [0, 0.05) is 17.9 Å². The summed E-state index contributed by atoms with van der Waals surface area (Å²) in [7, 11) is 0. The van der Waals surface area contributed by atoms with Gasteiger partial charge in [0.2, 0.25) is 0 Å². The van der Waals surface area contributed by atoms with Gasteiger partial charge >= 0.3 is 0 Å². The molecule has 100 valence electrons. The minimum Gasteiger partial charge on any atom is -0.370 e. The molecule has 0 spiro atoms. The van der Waals surface area contributed by atoms with E-state index in [1.807, 2.05) is 11.8 Å². The Labute approximate surface area is 114 Å². The van der Waals surface area contributed by atoms with Gasteiger partial charge in [-0.25, -0.2) is 9.97 Å². The van der Waals surface area contributed by atoms with Crippen molar-refractivity contribution in [1.29, 1.82) is 0 Å². The number of anilines is 1. The average molecular weight is 265 g/mol. The maximum absolute atomic E-state index is 4.47. The molecule has 1 fully saturated rings. The molecule has 0 saturated heterocycles. The molecule has 0 amide bonds. The molecule has 0 radical (unpaired) electrons. The summed E-state index contributed by atoms with van der Waals surface area (Å²) in [4.78, 5) is 8.81. The molecule has 1 heterocycles. The second-order valence-electron chi connectivity index (χ2n) is 4.85. The third-order valence-corrected chi connectivity index (χ3v) is 4.80. The summed E-state index contributed by atoms with van der Waals surface area (Å²) in [6, 6.07) is 0. The van der Waals surface area contributed by atoms with Crippen LogP contribution in [-0.4, -0.2) is 22.3 Å². The van der Waals surface area contributed by atoms with Gasteiger partial charge in [0.15, 0.2) is 0 Å². The van der Waals surface area contributed by atoms with E-state index in [1.54, 1.807) is 6.33 Å². The molecule has 0 aliphatic heterocycles. The van der Waals surface area contributed by atoms with Crippen LogP contribution in [0.4, 0.5) is 5.82 Å². The number of thioether (sulfide) groups is 1. The van der Waals surface area contributed by atoms with Crippen LogP contribution in [0, 0.1) is 5.92 Å². The number of rotatable bonds is 6. The molecule has 1 N–H and O–H groups in total. The summed E-state index contributed by atoms with van der Waals surface area (Å²) < 4.78 is 0. The molecule has 1 aromatic rings. The molecule has 1 aliphatic rings. The van der Waals surface area contributed by atoms with Gasteiger partial charge in [-0.3, -0.25) is 0 Å². The van der Waals surface area contributed by atoms with Crippen molar-refractivity contribution in [3.05, 3.63) is 11.9 Å². The van der Waals surface area contributed by atoms with Crippen molar-refractivity contribution in [3.8, 4) is 0 Å². The lowest BCUT2D eigenvalue weighted by atomic mass is 10.1. The third kappa shape index (κ3) is 3.37. The SMILES string of the molecule is CCNc1ncnc(SCC2CCCC2)c1CC. The smallest absolute Gasteiger partial charge is 0.133 e. The lowest BCUT2D eigenvalue weighted by Crippen LogP contribution is -2.06. The number of nitrogens with zero attached hydrogens (tertiary/aromatic N) is 2. The second-order valence-corrected chi connectivity index (χ2v) is 5.86. The zero-order valence-electron chi connectivity index (χ0n) is 11.4. The Hall–Kier alpha value is -0.770. The fraction of sp³-hybridized carbons (Fsp3) is 0.714. The molecule has 4 heteroatoms. The lowest BCUT2D eigenvalue weighted by Gasteiger charge is -2.13. The molecule has 0 atom stereocenters. The quantitative estimate of drug-likeness (QED) is 0.628. The molecule has 1 saturated carbocycles. The van der Waals surface area contributed by atoms with Crippen LogP contribution in [0.25, 0.3) is 0 Å². The molecule has 0 unspecified atom stereocenters. The van der Waals surface area contributed by atoms with Crippen LogP contribution in [-0.2, 0) is 6.42 Å². The summed E-state index contributed by atoms with van der Waals surface area (Å²) in [5, 5.41) is 4.51. The third-order valence-electron chi connectivity index (χ3n) is 3.53. The van der Waals surface area contributed by atoms with Crippen molar-refractivity contribution >= 4 is 17.6 Å². The van der Waals surface area contributed by atoms with E-state index in [0.29, 0.717) is 0 Å². The van der Waals surface area contributed by atoms with E-state index >= 15 is 0 Å². The number of nitrogens with one attached hydrogen (secondary N) is 1. The van der Waals surface area contributed by atoms with Crippen molar-refractivity contribution in [1.82, 2.24) is 9.97 Å². The summed E-state index contributed by atoms with van der Waals surface area (Å²) in [6.45, 7) is 5.20. The summed E-state index contributed by atoms with van der Waals surface area (Å²) >= 11 is 1.92. The van der Waals surface area contributed by atoms with Crippen LogP contribution >= 0.6 is 11.8 Å². The zero-order valence-corrected chi connectivity index (χ0v) is 12.2. The average Bonchev–Trinajstić information content (AvgIpc) is 2.90. The Morgan fingerprint density at radius 2 is 2.06 bits per heavy atom. The highest BCUT2D eigenvalue weighted by molar-refractivity contribution is 7.99. The lowest BCUT2D eigenvalue weighted by molar-refractivity contribution is 0.622. The van der Waals surface area contributed by atoms with E-state index in [1.165, 1.54) is 42.0 Å². The molecule has 3 nitrogen and oxygen atoms in total. The first-order valence-corrected chi connectivity index (χ1v) is 8.04. The summed E-state index contributed by atoms with van der Waals surface area (Å²) in [5.74, 6) is 3.14. The number of hydrogen-bond donors (Lipinski definition) is 1. The first kappa shape index (κ1) is 13.7. The van der Waals surface area contributed by atoms with Crippen LogP contribution in [0.5, 0.6) is 0 Å². The Bertz CT molecular complexity index is 375. The maximum atomic E-state index is 4.47. The van der Waals surface area contributed by atoms with Gasteiger partial charge in [-0.1, -0.05) is 19.8 Å². The van der Waals surface area contributed by atoms with Crippen molar-refractivity contribution in [3.63, 3.8) is 0 Å². The predicted octanol–water partition coefficient (Wildman–Crippen LogP) is 3.75. The Kier molecular flexibility index (Phi) is 5.29. The molecular weight excluding hydrogens is 242 g/mol. The largest absolute Gasteiger partial charge is 0.370 e. The van der Waals surface area contributed by atoms with Gasteiger partial charge in [-0.15, -0.1) is 11.8 Å². The van der Waals surface area contributed by atoms with Crippen molar-refractivity contribution < 1.29 is 0 Å². The standard InChI is InChI=1S/C14H23N3S/c1-3-12-13(15-4-2)16-10-17-14(12)18-9-11-7-5-6-8-11/h10-11H,3-9H2,1-2H3,(H,15,16,17). The number of aromatic nitrogens is 2. The van der Waals surface area contributed by atoms with Crippen LogP contribution < -0.4 is 5.32 Å². The van der Waals surface area contributed by atoms with Crippen LogP contribution in [0.2, 0.25) is 0 Å². The van der Waals surface area contributed by atoms with E-state index in [9.17, 15) is 0 Å². The second kappa shape index (κ2) is 6.98. The van der Waals surface area contributed by atoms with E-state index in [0.717, 1.165) is 24.7 Å². The van der Waals surface area contributed by atoms with E-state index in [2.05, 4.69) is 29.1 Å². The van der Waals surface area contributed by atoms with Crippen molar-refractivity contribution in [2.45, 2.75) is 51.0 Å². The Morgan fingerprint density at radius 1 is 1.28 bits per heavy atom. The molecule has 0 bridgehead atoms. The molecule has 1 aliphatic carbocycles. The van der Waals surface area contributed by atoms with Gasteiger partial charge in [0.05, 0.1) is 0 Å². The van der Waals surface area contributed by atoms with Gasteiger partial charge in [-0.2, -0.15) is 0 Å². The molecule has 2 rings (SSSR count). The highest BCUT2D eigenvalue weighted by atomic mass is 32.2.